The lowest BCUT2D eigenvalue weighted by Crippen LogP contribution is -2.11. The Morgan fingerprint density at radius 3 is 2.26 bits per heavy atom. The van der Waals surface area contributed by atoms with E-state index in [1.807, 2.05) is 27.0 Å². The molecule has 0 aliphatic carbocycles. The Morgan fingerprint density at radius 1 is 1.11 bits per heavy atom. The van der Waals surface area contributed by atoms with Crippen molar-refractivity contribution in [3.05, 3.63) is 46.5 Å². The molecule has 0 spiro atoms. The molecular formula is C15H18FN3. The molecule has 1 heterocycles. The van der Waals surface area contributed by atoms with E-state index in [9.17, 15) is 4.39 Å². The van der Waals surface area contributed by atoms with Gasteiger partial charge < -0.3 is 5.32 Å². The van der Waals surface area contributed by atoms with Crippen LogP contribution >= 0.6 is 0 Å². The van der Waals surface area contributed by atoms with E-state index in [2.05, 4.69) is 15.3 Å². The molecule has 0 saturated carbocycles. The van der Waals surface area contributed by atoms with E-state index in [0.717, 1.165) is 23.5 Å². The first-order valence-corrected chi connectivity index (χ1v) is 6.28. The van der Waals surface area contributed by atoms with Gasteiger partial charge in [-0.25, -0.2) is 14.4 Å². The minimum atomic E-state index is -0.226. The lowest BCUT2D eigenvalue weighted by Gasteiger charge is -2.10. The molecule has 2 rings (SSSR count). The molecule has 0 aliphatic rings. The van der Waals surface area contributed by atoms with Crippen LogP contribution < -0.4 is 5.32 Å². The van der Waals surface area contributed by atoms with Gasteiger partial charge in [-0.2, -0.15) is 0 Å². The third kappa shape index (κ3) is 2.79. The molecule has 19 heavy (non-hydrogen) atoms. The van der Waals surface area contributed by atoms with Gasteiger partial charge in [-0.1, -0.05) is 12.1 Å². The van der Waals surface area contributed by atoms with Crippen molar-refractivity contribution >= 4 is 0 Å². The second-order valence-electron chi connectivity index (χ2n) is 4.69. The highest BCUT2D eigenvalue weighted by Crippen LogP contribution is 2.21. The van der Waals surface area contributed by atoms with Gasteiger partial charge in [0.05, 0.1) is 0 Å². The summed E-state index contributed by atoms with van der Waals surface area (Å²) in [5.74, 6) is 0.351. The summed E-state index contributed by atoms with van der Waals surface area (Å²) in [7, 11) is 1.89. The molecule has 1 aromatic heterocycles. The molecule has 3 nitrogen and oxygen atoms in total. The van der Waals surface area contributed by atoms with Crippen LogP contribution in [0.1, 0.15) is 22.5 Å². The Bertz CT molecular complexity index is 585. The van der Waals surface area contributed by atoms with Crippen LogP contribution in [0.15, 0.2) is 18.2 Å². The Morgan fingerprint density at radius 2 is 1.74 bits per heavy atom. The van der Waals surface area contributed by atoms with Crippen molar-refractivity contribution < 1.29 is 4.39 Å². The van der Waals surface area contributed by atoms with E-state index in [1.165, 1.54) is 6.07 Å². The predicted molar refractivity (Wildman–Crippen MR) is 74.4 cm³/mol. The Labute approximate surface area is 112 Å². The number of aryl methyl sites for hydroxylation is 3. The average Bonchev–Trinajstić information content (AvgIpc) is 2.37. The van der Waals surface area contributed by atoms with Gasteiger partial charge in [0.15, 0.2) is 5.82 Å². The van der Waals surface area contributed by atoms with Gasteiger partial charge in [-0.15, -0.1) is 0 Å². The average molecular weight is 259 g/mol. The van der Waals surface area contributed by atoms with E-state index in [-0.39, 0.29) is 5.82 Å². The quantitative estimate of drug-likeness (QED) is 0.921. The fraction of sp³-hybridized carbons (Fsp3) is 0.333. The van der Waals surface area contributed by atoms with Gasteiger partial charge in [-0.05, 0) is 39.4 Å². The van der Waals surface area contributed by atoms with Crippen LogP contribution in [0.25, 0.3) is 11.4 Å². The Kier molecular flexibility index (Phi) is 3.90. The van der Waals surface area contributed by atoms with Crippen LogP contribution in [0.5, 0.6) is 0 Å². The maximum Gasteiger partial charge on any atom is 0.159 e. The van der Waals surface area contributed by atoms with Crippen molar-refractivity contribution in [2.45, 2.75) is 27.3 Å². The first-order chi connectivity index (χ1) is 9.02. The van der Waals surface area contributed by atoms with Gasteiger partial charge in [0.2, 0.25) is 0 Å². The minimum Gasteiger partial charge on any atom is -0.316 e. The largest absolute Gasteiger partial charge is 0.316 e. The standard InChI is InChI=1S/C15H18FN3/c1-9-5-6-12(7-14(9)16)15-18-10(2)13(8-17-4)11(3)19-15/h5-7,17H,8H2,1-4H3. The zero-order valence-electron chi connectivity index (χ0n) is 11.7. The van der Waals surface area contributed by atoms with Crippen molar-refractivity contribution in [1.82, 2.24) is 15.3 Å². The van der Waals surface area contributed by atoms with Crippen molar-refractivity contribution in [1.29, 1.82) is 0 Å². The second-order valence-corrected chi connectivity index (χ2v) is 4.69. The van der Waals surface area contributed by atoms with E-state index < -0.39 is 0 Å². The molecule has 0 amide bonds. The highest BCUT2D eigenvalue weighted by atomic mass is 19.1. The maximum absolute atomic E-state index is 13.6. The van der Waals surface area contributed by atoms with E-state index >= 15 is 0 Å². The highest BCUT2D eigenvalue weighted by Gasteiger charge is 2.10. The van der Waals surface area contributed by atoms with Crippen molar-refractivity contribution in [2.24, 2.45) is 0 Å². The second kappa shape index (κ2) is 5.45. The Balaban J connectivity index is 2.48. The number of rotatable bonds is 3. The third-order valence-electron chi connectivity index (χ3n) is 3.20. The zero-order chi connectivity index (χ0) is 14.0. The van der Waals surface area contributed by atoms with E-state index in [1.54, 1.807) is 13.0 Å². The van der Waals surface area contributed by atoms with Crippen LogP contribution in [-0.2, 0) is 6.54 Å². The molecule has 4 heteroatoms. The smallest absolute Gasteiger partial charge is 0.159 e. The predicted octanol–water partition coefficient (Wildman–Crippen LogP) is 2.93. The van der Waals surface area contributed by atoms with Crippen LogP contribution in [0.2, 0.25) is 0 Å². The van der Waals surface area contributed by atoms with Gasteiger partial charge in [-0.3, -0.25) is 0 Å². The molecule has 100 valence electrons. The molecule has 0 aliphatic heterocycles. The van der Waals surface area contributed by atoms with E-state index in [0.29, 0.717) is 17.0 Å². The molecule has 1 aromatic carbocycles. The fourth-order valence-corrected chi connectivity index (χ4v) is 2.03. The van der Waals surface area contributed by atoms with Crippen LogP contribution in [-0.4, -0.2) is 17.0 Å². The van der Waals surface area contributed by atoms with Crippen LogP contribution in [0, 0.1) is 26.6 Å². The maximum atomic E-state index is 13.6. The summed E-state index contributed by atoms with van der Waals surface area (Å²) < 4.78 is 13.6. The topological polar surface area (TPSA) is 37.8 Å². The Hall–Kier alpha value is -1.81. The summed E-state index contributed by atoms with van der Waals surface area (Å²) in [4.78, 5) is 8.95. The molecular weight excluding hydrogens is 241 g/mol. The molecule has 0 unspecified atom stereocenters. The number of nitrogens with zero attached hydrogens (tertiary/aromatic N) is 2. The van der Waals surface area contributed by atoms with Gasteiger partial charge in [0.25, 0.3) is 0 Å². The molecule has 1 N–H and O–H groups in total. The molecule has 0 atom stereocenters. The lowest BCUT2D eigenvalue weighted by molar-refractivity contribution is 0.619. The zero-order valence-corrected chi connectivity index (χ0v) is 11.7. The molecule has 0 fully saturated rings. The number of benzene rings is 1. The fourth-order valence-electron chi connectivity index (χ4n) is 2.03. The van der Waals surface area contributed by atoms with Gasteiger partial charge in [0, 0.05) is 29.1 Å². The minimum absolute atomic E-state index is 0.226. The number of hydrogen-bond acceptors (Lipinski definition) is 3. The van der Waals surface area contributed by atoms with Crippen LogP contribution in [0.3, 0.4) is 0 Å². The van der Waals surface area contributed by atoms with Crippen LogP contribution in [0.4, 0.5) is 4.39 Å². The summed E-state index contributed by atoms with van der Waals surface area (Å²) >= 11 is 0. The SMILES string of the molecule is CNCc1c(C)nc(-c2ccc(C)c(F)c2)nc1C. The van der Waals surface area contributed by atoms with Crippen molar-refractivity contribution in [3.8, 4) is 11.4 Å². The molecule has 2 aromatic rings. The highest BCUT2D eigenvalue weighted by molar-refractivity contribution is 5.56. The summed E-state index contributed by atoms with van der Waals surface area (Å²) in [6, 6.07) is 5.09. The van der Waals surface area contributed by atoms with Gasteiger partial charge >= 0.3 is 0 Å². The number of aromatic nitrogens is 2. The molecule has 0 saturated heterocycles. The summed E-state index contributed by atoms with van der Waals surface area (Å²) in [5, 5.41) is 3.10. The first-order valence-electron chi connectivity index (χ1n) is 6.28. The van der Waals surface area contributed by atoms with E-state index in [4.69, 9.17) is 0 Å². The molecule has 0 radical (unpaired) electrons. The summed E-state index contributed by atoms with van der Waals surface area (Å²) in [6.07, 6.45) is 0. The summed E-state index contributed by atoms with van der Waals surface area (Å²) in [5.41, 5.74) is 4.30. The van der Waals surface area contributed by atoms with Crippen molar-refractivity contribution in [3.63, 3.8) is 0 Å². The molecule has 0 bridgehead atoms. The lowest BCUT2D eigenvalue weighted by atomic mass is 10.1. The normalized spacial score (nSPS) is 10.8. The third-order valence-corrected chi connectivity index (χ3v) is 3.20. The van der Waals surface area contributed by atoms with Gasteiger partial charge in [0.1, 0.15) is 5.82 Å². The number of nitrogens with one attached hydrogen (secondary N) is 1. The number of hydrogen-bond donors (Lipinski definition) is 1. The summed E-state index contributed by atoms with van der Waals surface area (Å²) in [6.45, 7) is 6.39. The monoisotopic (exact) mass is 259 g/mol. The number of halogens is 1. The first kappa shape index (κ1) is 13.6. The van der Waals surface area contributed by atoms with Crippen molar-refractivity contribution in [2.75, 3.05) is 7.05 Å².